The Balaban J connectivity index is 1.31. The number of nitrogens with one attached hydrogen (secondary N) is 1. The van der Waals surface area contributed by atoms with Crippen LogP contribution in [-0.2, 0) is 0 Å². The second kappa shape index (κ2) is 11.9. The highest BCUT2D eigenvalue weighted by Crippen LogP contribution is 2.30. The quantitative estimate of drug-likeness (QED) is 0.460. The molecule has 0 aromatic heterocycles. The Labute approximate surface area is 220 Å². The molecule has 0 aliphatic carbocycles. The predicted octanol–water partition coefficient (Wildman–Crippen LogP) is 5.26. The van der Waals surface area contributed by atoms with Crippen LogP contribution in [-0.4, -0.2) is 61.3 Å². The number of carbonyl (C=O) groups excluding carboxylic acids is 3. The molecule has 0 unspecified atom stereocenters. The lowest BCUT2D eigenvalue weighted by molar-refractivity contribution is -0.0498. The van der Waals surface area contributed by atoms with E-state index in [1.807, 2.05) is 24.3 Å². The van der Waals surface area contributed by atoms with Crippen molar-refractivity contribution in [3.63, 3.8) is 0 Å². The maximum atomic E-state index is 12.8. The Morgan fingerprint density at radius 3 is 2.13 bits per heavy atom. The molecule has 3 aromatic carbocycles. The van der Waals surface area contributed by atoms with Crippen LogP contribution in [0, 0.1) is 0 Å². The summed E-state index contributed by atoms with van der Waals surface area (Å²) in [5.74, 6) is -0.315. The maximum absolute atomic E-state index is 12.8. The average molecular weight is 522 g/mol. The average Bonchev–Trinajstić information content (AvgIpc) is 2.93. The fourth-order valence-electron chi connectivity index (χ4n) is 4.47. The van der Waals surface area contributed by atoms with E-state index < -0.39 is 6.61 Å². The summed E-state index contributed by atoms with van der Waals surface area (Å²) in [6.07, 6.45) is 1.58. The highest BCUT2D eigenvalue weighted by Gasteiger charge is 2.25. The largest absolute Gasteiger partial charge is 0.435 e. The van der Waals surface area contributed by atoms with E-state index in [1.54, 1.807) is 43.3 Å². The molecule has 1 aliphatic rings. The van der Waals surface area contributed by atoms with Gasteiger partial charge in [-0.2, -0.15) is 8.78 Å². The van der Waals surface area contributed by atoms with E-state index in [1.165, 1.54) is 29.2 Å². The Morgan fingerprint density at radius 2 is 1.53 bits per heavy atom. The number of amides is 3. The maximum Gasteiger partial charge on any atom is 0.387 e. The SMILES string of the molecule is CN(C)C(=O)c1cccc(C(=O)Nc2ccc(C3CCN(C(=O)c4ccc(OC(F)F)cc4)CC3)cc2)c1. The molecule has 0 bridgehead atoms. The number of alkyl halides is 2. The summed E-state index contributed by atoms with van der Waals surface area (Å²) in [5.41, 5.74) is 3.05. The van der Waals surface area contributed by atoms with E-state index in [4.69, 9.17) is 0 Å². The lowest BCUT2D eigenvalue weighted by Crippen LogP contribution is -2.37. The van der Waals surface area contributed by atoms with Gasteiger partial charge in [0.25, 0.3) is 17.7 Å². The van der Waals surface area contributed by atoms with Crippen molar-refractivity contribution in [3.8, 4) is 5.75 Å². The number of hydrogen-bond acceptors (Lipinski definition) is 4. The number of nitrogens with zero attached hydrogens (tertiary/aromatic N) is 2. The Kier molecular flexibility index (Phi) is 8.35. The number of ether oxygens (including phenoxy) is 1. The van der Waals surface area contributed by atoms with Gasteiger partial charge >= 0.3 is 6.61 Å². The van der Waals surface area contributed by atoms with Gasteiger partial charge in [0.15, 0.2) is 0 Å². The van der Waals surface area contributed by atoms with E-state index in [2.05, 4.69) is 10.1 Å². The monoisotopic (exact) mass is 521 g/mol. The van der Waals surface area contributed by atoms with Gasteiger partial charge in [0, 0.05) is 49.6 Å². The molecule has 1 saturated heterocycles. The Bertz CT molecular complexity index is 1290. The molecule has 1 aliphatic heterocycles. The molecule has 0 atom stereocenters. The number of anilines is 1. The Morgan fingerprint density at radius 1 is 0.895 bits per heavy atom. The lowest BCUT2D eigenvalue weighted by Gasteiger charge is -2.32. The summed E-state index contributed by atoms with van der Waals surface area (Å²) < 4.78 is 29.0. The van der Waals surface area contributed by atoms with Gasteiger partial charge in [-0.05, 0) is 78.9 Å². The topological polar surface area (TPSA) is 79.0 Å². The Hall–Kier alpha value is -4.27. The fraction of sp³-hybridized carbons (Fsp3) is 0.276. The molecule has 4 rings (SSSR count). The van der Waals surface area contributed by atoms with E-state index in [-0.39, 0.29) is 29.4 Å². The molecule has 9 heteroatoms. The minimum Gasteiger partial charge on any atom is -0.435 e. The van der Waals surface area contributed by atoms with E-state index in [0.29, 0.717) is 35.5 Å². The van der Waals surface area contributed by atoms with Crippen molar-refractivity contribution in [1.29, 1.82) is 0 Å². The van der Waals surface area contributed by atoms with E-state index in [0.717, 1.165) is 18.4 Å². The van der Waals surface area contributed by atoms with Crippen LogP contribution in [0.1, 0.15) is 55.4 Å². The zero-order valence-corrected chi connectivity index (χ0v) is 21.2. The van der Waals surface area contributed by atoms with E-state index >= 15 is 0 Å². The summed E-state index contributed by atoms with van der Waals surface area (Å²) in [6.45, 7) is -1.74. The molecule has 3 aromatic rings. The van der Waals surface area contributed by atoms with Crippen LogP contribution < -0.4 is 10.1 Å². The van der Waals surface area contributed by atoms with Gasteiger partial charge in [0.2, 0.25) is 0 Å². The first-order chi connectivity index (χ1) is 18.2. The van der Waals surface area contributed by atoms with Gasteiger partial charge in [0.1, 0.15) is 5.75 Å². The van der Waals surface area contributed by atoms with Crippen molar-refractivity contribution >= 4 is 23.4 Å². The first-order valence-electron chi connectivity index (χ1n) is 12.3. The van der Waals surface area contributed by atoms with Gasteiger partial charge in [-0.25, -0.2) is 0 Å². The number of likely N-dealkylation sites (tertiary alicyclic amines) is 1. The third-order valence-corrected chi connectivity index (χ3v) is 6.53. The zero-order valence-electron chi connectivity index (χ0n) is 21.2. The van der Waals surface area contributed by atoms with Crippen molar-refractivity contribution in [3.05, 3.63) is 95.1 Å². The summed E-state index contributed by atoms with van der Waals surface area (Å²) in [4.78, 5) is 40.9. The number of benzene rings is 3. The fourth-order valence-corrected chi connectivity index (χ4v) is 4.47. The van der Waals surface area contributed by atoms with Crippen LogP contribution in [0.15, 0.2) is 72.8 Å². The number of hydrogen-bond donors (Lipinski definition) is 1. The number of rotatable bonds is 7. The summed E-state index contributed by atoms with van der Waals surface area (Å²) in [7, 11) is 3.32. The molecule has 1 heterocycles. The third-order valence-electron chi connectivity index (χ3n) is 6.53. The molecule has 0 spiro atoms. The molecule has 0 radical (unpaired) electrons. The number of carbonyl (C=O) groups is 3. The molecule has 7 nitrogen and oxygen atoms in total. The lowest BCUT2D eigenvalue weighted by atomic mass is 9.89. The van der Waals surface area contributed by atoms with Gasteiger partial charge in [-0.15, -0.1) is 0 Å². The van der Waals surface area contributed by atoms with Crippen molar-refractivity contribution < 1.29 is 27.9 Å². The van der Waals surface area contributed by atoms with Crippen LogP contribution in [0.2, 0.25) is 0 Å². The van der Waals surface area contributed by atoms with Crippen molar-refractivity contribution in [2.24, 2.45) is 0 Å². The molecule has 198 valence electrons. The molecule has 38 heavy (non-hydrogen) atoms. The minimum absolute atomic E-state index is 0.0165. The van der Waals surface area contributed by atoms with Gasteiger partial charge in [-0.3, -0.25) is 14.4 Å². The van der Waals surface area contributed by atoms with Gasteiger partial charge in [-0.1, -0.05) is 18.2 Å². The second-order valence-electron chi connectivity index (χ2n) is 9.33. The molecule has 3 amide bonds. The normalized spacial score (nSPS) is 13.8. The van der Waals surface area contributed by atoms with Crippen LogP contribution in [0.5, 0.6) is 5.75 Å². The van der Waals surface area contributed by atoms with Crippen LogP contribution in [0.25, 0.3) is 0 Å². The minimum atomic E-state index is -2.90. The highest BCUT2D eigenvalue weighted by molar-refractivity contribution is 6.06. The van der Waals surface area contributed by atoms with E-state index in [9.17, 15) is 23.2 Å². The number of halogens is 2. The molecular formula is C29H29F2N3O4. The van der Waals surface area contributed by atoms with Crippen LogP contribution in [0.3, 0.4) is 0 Å². The summed E-state index contributed by atoms with van der Waals surface area (Å²) in [6, 6.07) is 20.0. The first-order valence-corrected chi connectivity index (χ1v) is 12.3. The molecule has 1 N–H and O–H groups in total. The number of piperidine rings is 1. The second-order valence-corrected chi connectivity index (χ2v) is 9.33. The first kappa shape index (κ1) is 26.8. The smallest absolute Gasteiger partial charge is 0.387 e. The summed E-state index contributed by atoms with van der Waals surface area (Å²) >= 11 is 0. The van der Waals surface area contributed by atoms with Gasteiger partial charge in [0.05, 0.1) is 0 Å². The van der Waals surface area contributed by atoms with Crippen LogP contribution in [0.4, 0.5) is 14.5 Å². The highest BCUT2D eigenvalue weighted by atomic mass is 19.3. The van der Waals surface area contributed by atoms with Crippen LogP contribution >= 0.6 is 0 Å². The standard InChI is InChI=1S/C29H29F2N3O4/c1-33(2)27(36)23-5-3-4-22(18-23)26(35)32-24-10-6-19(7-11-24)20-14-16-34(17-15-20)28(37)21-8-12-25(13-9-21)38-29(30)31/h3-13,18,20,29H,14-17H2,1-2H3,(H,32,35). The van der Waals surface area contributed by atoms with Crippen molar-refractivity contribution in [1.82, 2.24) is 9.80 Å². The predicted molar refractivity (Wildman–Crippen MR) is 140 cm³/mol. The third kappa shape index (κ3) is 6.53. The zero-order chi connectivity index (χ0) is 27.2. The van der Waals surface area contributed by atoms with Crippen molar-refractivity contribution in [2.75, 3.05) is 32.5 Å². The van der Waals surface area contributed by atoms with Crippen molar-refractivity contribution in [2.45, 2.75) is 25.4 Å². The molecule has 0 saturated carbocycles. The molecule has 1 fully saturated rings. The van der Waals surface area contributed by atoms with Gasteiger partial charge < -0.3 is 19.9 Å². The molecular weight excluding hydrogens is 492 g/mol. The summed E-state index contributed by atoms with van der Waals surface area (Å²) in [5, 5.41) is 2.87.